The van der Waals surface area contributed by atoms with Crippen molar-refractivity contribution in [3.05, 3.63) is 101 Å². The van der Waals surface area contributed by atoms with E-state index in [0.29, 0.717) is 12.4 Å². The maximum Gasteiger partial charge on any atom is 0.335 e. The lowest BCUT2D eigenvalue weighted by Crippen LogP contribution is -2.01. The van der Waals surface area contributed by atoms with Crippen LogP contribution < -0.4 is 4.74 Å². The third kappa shape index (κ3) is 4.86. The molecule has 2 N–H and O–H groups in total. The van der Waals surface area contributed by atoms with Gasteiger partial charge in [-0.3, -0.25) is 4.79 Å². The van der Waals surface area contributed by atoms with Crippen LogP contribution in [0.1, 0.15) is 31.8 Å². The Labute approximate surface area is 162 Å². The first-order valence-electron chi connectivity index (χ1n) is 8.58. The van der Waals surface area contributed by atoms with Gasteiger partial charge in [-0.1, -0.05) is 48.5 Å². The molecule has 140 valence electrons. The van der Waals surface area contributed by atoms with Crippen LogP contribution in [0.3, 0.4) is 0 Å². The van der Waals surface area contributed by atoms with Gasteiger partial charge in [-0.05, 0) is 47.5 Å². The van der Waals surface area contributed by atoms with Crippen LogP contribution >= 0.6 is 0 Å². The van der Waals surface area contributed by atoms with Crippen molar-refractivity contribution in [1.29, 1.82) is 0 Å². The van der Waals surface area contributed by atoms with Gasteiger partial charge in [-0.2, -0.15) is 0 Å². The first kappa shape index (κ1) is 18.9. The van der Waals surface area contributed by atoms with E-state index < -0.39 is 11.8 Å². The monoisotopic (exact) mass is 374 g/mol. The number of aromatic carboxylic acids is 1. The molecule has 0 saturated heterocycles. The zero-order valence-corrected chi connectivity index (χ0v) is 14.9. The molecular formula is C23H18O5. The van der Waals surface area contributed by atoms with Gasteiger partial charge >= 0.3 is 5.97 Å². The Morgan fingerprint density at radius 3 is 2.32 bits per heavy atom. The SMILES string of the molecule is O=C(O)c1ccc(O)c(C(=O)C=Cc2ccc(OCc3ccccc3)cc2)c1. The Hall–Kier alpha value is -3.86. The van der Waals surface area contributed by atoms with E-state index in [-0.39, 0.29) is 16.9 Å². The van der Waals surface area contributed by atoms with E-state index in [1.54, 1.807) is 30.3 Å². The van der Waals surface area contributed by atoms with Crippen LogP contribution in [-0.2, 0) is 6.61 Å². The van der Waals surface area contributed by atoms with Gasteiger partial charge in [0.1, 0.15) is 18.1 Å². The van der Waals surface area contributed by atoms with Crippen molar-refractivity contribution < 1.29 is 24.5 Å². The molecule has 28 heavy (non-hydrogen) atoms. The Bertz CT molecular complexity index is 1000. The van der Waals surface area contributed by atoms with E-state index in [4.69, 9.17) is 9.84 Å². The normalized spacial score (nSPS) is 10.7. The molecule has 0 aliphatic heterocycles. The second-order valence-corrected chi connectivity index (χ2v) is 6.08. The molecule has 0 heterocycles. The second kappa shape index (κ2) is 8.68. The average Bonchev–Trinajstić information content (AvgIpc) is 2.72. The summed E-state index contributed by atoms with van der Waals surface area (Å²) in [6.07, 6.45) is 2.89. The molecule has 3 aromatic rings. The largest absolute Gasteiger partial charge is 0.507 e. The smallest absolute Gasteiger partial charge is 0.335 e. The summed E-state index contributed by atoms with van der Waals surface area (Å²) in [4.78, 5) is 23.3. The molecule has 0 spiro atoms. The van der Waals surface area contributed by atoms with Crippen LogP contribution in [0.25, 0.3) is 6.08 Å². The first-order valence-corrected chi connectivity index (χ1v) is 8.58. The van der Waals surface area contributed by atoms with E-state index in [0.717, 1.165) is 17.2 Å². The summed E-state index contributed by atoms with van der Waals surface area (Å²) in [5.41, 5.74) is 1.73. The Morgan fingerprint density at radius 2 is 1.64 bits per heavy atom. The van der Waals surface area contributed by atoms with E-state index in [1.165, 1.54) is 18.2 Å². The number of phenols is 1. The highest BCUT2D eigenvalue weighted by atomic mass is 16.5. The van der Waals surface area contributed by atoms with Gasteiger partial charge in [-0.15, -0.1) is 0 Å². The van der Waals surface area contributed by atoms with Crippen molar-refractivity contribution in [3.8, 4) is 11.5 Å². The minimum atomic E-state index is -1.16. The number of carbonyl (C=O) groups is 2. The van der Waals surface area contributed by atoms with Gasteiger partial charge in [0.25, 0.3) is 0 Å². The predicted octanol–water partition coefficient (Wildman–Crippen LogP) is 4.57. The van der Waals surface area contributed by atoms with Crippen LogP contribution in [0.4, 0.5) is 0 Å². The number of carbonyl (C=O) groups excluding carboxylic acids is 1. The highest BCUT2D eigenvalue weighted by Gasteiger charge is 2.12. The van der Waals surface area contributed by atoms with Crippen LogP contribution in [0.2, 0.25) is 0 Å². The number of phenolic OH excluding ortho intramolecular Hbond substituents is 1. The molecule has 0 saturated carbocycles. The number of aromatic hydroxyl groups is 1. The van der Waals surface area contributed by atoms with Gasteiger partial charge < -0.3 is 14.9 Å². The van der Waals surface area contributed by atoms with Crippen molar-refractivity contribution in [2.45, 2.75) is 6.61 Å². The summed E-state index contributed by atoms with van der Waals surface area (Å²) >= 11 is 0. The van der Waals surface area contributed by atoms with Crippen molar-refractivity contribution >= 4 is 17.8 Å². The lowest BCUT2D eigenvalue weighted by molar-refractivity contribution is 0.0697. The Morgan fingerprint density at radius 1 is 0.929 bits per heavy atom. The summed E-state index contributed by atoms with van der Waals surface area (Å²) in [6.45, 7) is 0.466. The maximum absolute atomic E-state index is 12.3. The quantitative estimate of drug-likeness (QED) is 0.468. The predicted molar refractivity (Wildman–Crippen MR) is 106 cm³/mol. The number of carboxylic acid groups (broad SMARTS) is 1. The molecule has 0 atom stereocenters. The fraction of sp³-hybridized carbons (Fsp3) is 0.0435. The van der Waals surface area contributed by atoms with Crippen LogP contribution in [0.5, 0.6) is 11.5 Å². The number of hydrogen-bond acceptors (Lipinski definition) is 4. The minimum Gasteiger partial charge on any atom is -0.507 e. The molecule has 3 aromatic carbocycles. The molecule has 5 nitrogen and oxygen atoms in total. The number of hydrogen-bond donors (Lipinski definition) is 2. The van der Waals surface area contributed by atoms with E-state index >= 15 is 0 Å². The van der Waals surface area contributed by atoms with E-state index in [1.807, 2.05) is 30.3 Å². The second-order valence-electron chi connectivity index (χ2n) is 6.08. The highest BCUT2D eigenvalue weighted by Crippen LogP contribution is 2.21. The van der Waals surface area contributed by atoms with Crippen molar-refractivity contribution in [1.82, 2.24) is 0 Å². The summed E-state index contributed by atoms with van der Waals surface area (Å²) < 4.78 is 5.71. The Balaban J connectivity index is 1.65. The third-order valence-electron chi connectivity index (χ3n) is 4.06. The van der Waals surface area contributed by atoms with Crippen molar-refractivity contribution in [2.24, 2.45) is 0 Å². The Kier molecular flexibility index (Phi) is 5.87. The standard InChI is InChI=1S/C23H18O5/c24-21(20-14-18(23(26)27)9-13-22(20)25)12-8-16-6-10-19(11-7-16)28-15-17-4-2-1-3-5-17/h1-14,25H,15H2,(H,26,27). The van der Waals surface area contributed by atoms with Gasteiger partial charge in [-0.25, -0.2) is 4.79 Å². The summed E-state index contributed by atoms with van der Waals surface area (Å²) in [5.74, 6) is -1.20. The maximum atomic E-state index is 12.3. The molecule has 0 radical (unpaired) electrons. The van der Waals surface area contributed by atoms with Gasteiger partial charge in [0.15, 0.2) is 5.78 Å². The molecule has 0 bridgehead atoms. The van der Waals surface area contributed by atoms with Crippen LogP contribution in [0, 0.1) is 0 Å². The molecule has 0 aromatic heterocycles. The van der Waals surface area contributed by atoms with Crippen LogP contribution in [0.15, 0.2) is 78.9 Å². The third-order valence-corrected chi connectivity index (χ3v) is 4.06. The summed E-state index contributed by atoms with van der Waals surface area (Å²) in [5, 5.41) is 18.8. The lowest BCUT2D eigenvalue weighted by atomic mass is 10.0. The molecule has 0 fully saturated rings. The summed E-state index contributed by atoms with van der Waals surface area (Å²) in [6, 6.07) is 20.6. The molecule has 3 rings (SSSR count). The number of carboxylic acids is 1. The highest BCUT2D eigenvalue weighted by molar-refractivity contribution is 6.09. The number of ketones is 1. The number of rotatable bonds is 7. The van der Waals surface area contributed by atoms with Gasteiger partial charge in [0.05, 0.1) is 11.1 Å². The first-order chi connectivity index (χ1) is 13.5. The zero-order valence-electron chi connectivity index (χ0n) is 14.9. The molecular weight excluding hydrogens is 356 g/mol. The summed E-state index contributed by atoms with van der Waals surface area (Å²) in [7, 11) is 0. The zero-order chi connectivity index (χ0) is 19.9. The van der Waals surface area contributed by atoms with Gasteiger partial charge in [0.2, 0.25) is 0 Å². The van der Waals surface area contributed by atoms with Crippen molar-refractivity contribution in [2.75, 3.05) is 0 Å². The molecule has 0 aliphatic carbocycles. The van der Waals surface area contributed by atoms with E-state index in [2.05, 4.69) is 0 Å². The number of benzene rings is 3. The number of ether oxygens (including phenoxy) is 1. The van der Waals surface area contributed by atoms with Crippen LogP contribution in [-0.4, -0.2) is 22.0 Å². The fourth-order valence-corrected chi connectivity index (χ4v) is 2.54. The average molecular weight is 374 g/mol. The van der Waals surface area contributed by atoms with Gasteiger partial charge in [0, 0.05) is 0 Å². The number of allylic oxidation sites excluding steroid dienone is 1. The molecule has 0 unspecified atom stereocenters. The topological polar surface area (TPSA) is 83.8 Å². The lowest BCUT2D eigenvalue weighted by Gasteiger charge is -2.06. The fourth-order valence-electron chi connectivity index (χ4n) is 2.54. The molecule has 0 aliphatic rings. The van der Waals surface area contributed by atoms with E-state index in [9.17, 15) is 14.7 Å². The molecule has 5 heteroatoms. The molecule has 0 amide bonds. The van der Waals surface area contributed by atoms with Crippen molar-refractivity contribution in [3.63, 3.8) is 0 Å². The minimum absolute atomic E-state index is 0.0565.